The normalized spacial score (nSPS) is 18.7. The van der Waals surface area contributed by atoms with Gasteiger partial charge in [0.15, 0.2) is 6.04 Å². The van der Waals surface area contributed by atoms with E-state index in [2.05, 4.69) is 10.6 Å². The Morgan fingerprint density at radius 2 is 1.84 bits per heavy atom. The van der Waals surface area contributed by atoms with E-state index in [1.165, 1.54) is 24.0 Å². The third kappa shape index (κ3) is 6.40. The van der Waals surface area contributed by atoms with Crippen molar-refractivity contribution in [1.29, 1.82) is 0 Å². The summed E-state index contributed by atoms with van der Waals surface area (Å²) in [6, 6.07) is 2.70. The Hall–Kier alpha value is -3.18. The van der Waals surface area contributed by atoms with E-state index in [0.29, 0.717) is 18.4 Å². The highest BCUT2D eigenvalue weighted by Crippen LogP contribution is 2.20. The lowest BCUT2D eigenvalue weighted by molar-refractivity contribution is -0.147. The summed E-state index contributed by atoms with van der Waals surface area (Å²) >= 11 is 0. The first-order valence-corrected chi connectivity index (χ1v) is 9.93. The molecule has 1 heterocycles. The second-order valence-corrected chi connectivity index (χ2v) is 7.45. The van der Waals surface area contributed by atoms with Gasteiger partial charge in [0.25, 0.3) is 0 Å². The minimum Gasteiger partial charge on any atom is -0.508 e. The van der Waals surface area contributed by atoms with E-state index in [4.69, 9.17) is 5.73 Å². The SMILES string of the molecule is CC(O)C(NC(=O)C1CCCN1C(=O)C(Cc1ccc(O)cc1)NC(=O)CN)C(=O)O. The van der Waals surface area contributed by atoms with Crippen molar-refractivity contribution in [2.24, 2.45) is 5.73 Å². The monoisotopic (exact) mass is 436 g/mol. The van der Waals surface area contributed by atoms with Gasteiger partial charge in [-0.3, -0.25) is 14.4 Å². The van der Waals surface area contributed by atoms with Crippen molar-refractivity contribution < 1.29 is 34.5 Å². The van der Waals surface area contributed by atoms with Gasteiger partial charge >= 0.3 is 5.97 Å². The largest absolute Gasteiger partial charge is 0.508 e. The average Bonchev–Trinajstić information content (AvgIpc) is 3.21. The standard InChI is InChI=1S/C20H28N4O7/c1-11(25)17(20(30)31)23-18(28)15-3-2-8-24(15)19(29)14(22-16(27)10-21)9-12-4-6-13(26)7-5-12/h4-7,11,14-15,17,25-26H,2-3,8-10,21H2,1H3,(H,22,27)(H,23,28)(H,30,31). The van der Waals surface area contributed by atoms with Crippen LogP contribution in [0.5, 0.6) is 5.75 Å². The smallest absolute Gasteiger partial charge is 0.328 e. The van der Waals surface area contributed by atoms with E-state index in [-0.39, 0.29) is 25.3 Å². The fourth-order valence-electron chi connectivity index (χ4n) is 3.46. The fraction of sp³-hybridized carbons (Fsp3) is 0.500. The number of aliphatic carboxylic acids is 1. The summed E-state index contributed by atoms with van der Waals surface area (Å²) in [5, 5.41) is 33.0. The summed E-state index contributed by atoms with van der Waals surface area (Å²) in [5.74, 6) is -3.07. The summed E-state index contributed by atoms with van der Waals surface area (Å²) in [5.41, 5.74) is 6.04. The van der Waals surface area contributed by atoms with Crippen LogP contribution >= 0.6 is 0 Å². The van der Waals surface area contributed by atoms with Crippen LogP contribution in [0, 0.1) is 0 Å². The summed E-state index contributed by atoms with van der Waals surface area (Å²) in [7, 11) is 0. The topological polar surface area (TPSA) is 182 Å². The highest BCUT2D eigenvalue weighted by atomic mass is 16.4. The highest BCUT2D eigenvalue weighted by molar-refractivity contribution is 5.94. The van der Waals surface area contributed by atoms with Crippen LogP contribution in [0.4, 0.5) is 0 Å². The lowest BCUT2D eigenvalue weighted by Gasteiger charge is -2.30. The lowest BCUT2D eigenvalue weighted by Crippen LogP contribution is -2.57. The Kier molecular flexibility index (Phi) is 8.34. The number of carbonyl (C=O) groups excluding carboxylic acids is 3. The number of hydrogen-bond acceptors (Lipinski definition) is 7. The van der Waals surface area contributed by atoms with Gasteiger partial charge in [-0.05, 0) is 37.5 Å². The van der Waals surface area contributed by atoms with Gasteiger partial charge in [-0.1, -0.05) is 12.1 Å². The molecular formula is C20H28N4O7. The minimum absolute atomic E-state index is 0.0556. The van der Waals surface area contributed by atoms with Gasteiger partial charge in [-0.2, -0.15) is 0 Å². The third-order valence-corrected chi connectivity index (χ3v) is 5.08. The number of aromatic hydroxyl groups is 1. The number of carboxylic acids is 1. The van der Waals surface area contributed by atoms with Crippen molar-refractivity contribution >= 4 is 23.7 Å². The fourth-order valence-corrected chi connectivity index (χ4v) is 3.46. The number of carbonyl (C=O) groups is 4. The molecule has 7 N–H and O–H groups in total. The first kappa shape index (κ1) is 24.1. The van der Waals surface area contributed by atoms with E-state index < -0.39 is 47.9 Å². The number of nitrogens with one attached hydrogen (secondary N) is 2. The number of aliphatic hydroxyl groups excluding tert-OH is 1. The van der Waals surface area contributed by atoms with Crippen LogP contribution in [0.25, 0.3) is 0 Å². The van der Waals surface area contributed by atoms with Crippen molar-refractivity contribution in [3.63, 3.8) is 0 Å². The molecule has 0 bridgehead atoms. The van der Waals surface area contributed by atoms with Gasteiger partial charge < -0.3 is 36.6 Å². The Morgan fingerprint density at radius 1 is 1.19 bits per heavy atom. The number of carboxylic acid groups (broad SMARTS) is 1. The molecule has 2 rings (SSSR count). The molecule has 1 aromatic rings. The maximum absolute atomic E-state index is 13.2. The molecule has 4 atom stereocenters. The van der Waals surface area contributed by atoms with Gasteiger partial charge in [0, 0.05) is 13.0 Å². The number of nitrogens with zero attached hydrogens (tertiary/aromatic N) is 1. The summed E-state index contributed by atoms with van der Waals surface area (Å²) in [6.45, 7) is 1.18. The van der Waals surface area contributed by atoms with Gasteiger partial charge in [-0.15, -0.1) is 0 Å². The molecule has 4 unspecified atom stereocenters. The van der Waals surface area contributed by atoms with E-state index in [1.54, 1.807) is 12.1 Å². The predicted octanol–water partition coefficient (Wildman–Crippen LogP) is -1.68. The molecule has 1 aliphatic rings. The van der Waals surface area contributed by atoms with Crippen LogP contribution in [0.15, 0.2) is 24.3 Å². The molecule has 1 aromatic carbocycles. The predicted molar refractivity (Wildman–Crippen MR) is 109 cm³/mol. The van der Waals surface area contributed by atoms with E-state index >= 15 is 0 Å². The molecule has 0 aliphatic carbocycles. The second-order valence-electron chi connectivity index (χ2n) is 7.45. The van der Waals surface area contributed by atoms with Crippen LogP contribution in [0.1, 0.15) is 25.3 Å². The number of phenols is 1. The van der Waals surface area contributed by atoms with Crippen molar-refractivity contribution in [3.8, 4) is 5.75 Å². The number of benzene rings is 1. The van der Waals surface area contributed by atoms with Crippen molar-refractivity contribution in [2.45, 2.75) is 50.4 Å². The van der Waals surface area contributed by atoms with Gasteiger partial charge in [0.05, 0.1) is 12.6 Å². The molecule has 0 spiro atoms. The highest BCUT2D eigenvalue weighted by Gasteiger charge is 2.39. The summed E-state index contributed by atoms with van der Waals surface area (Å²) < 4.78 is 0. The van der Waals surface area contributed by atoms with Crippen LogP contribution < -0.4 is 16.4 Å². The molecule has 0 saturated carbocycles. The quantitative estimate of drug-likeness (QED) is 0.265. The van der Waals surface area contributed by atoms with Crippen molar-refractivity contribution in [2.75, 3.05) is 13.1 Å². The van der Waals surface area contributed by atoms with E-state index in [9.17, 15) is 34.5 Å². The second kappa shape index (κ2) is 10.7. The average molecular weight is 436 g/mol. The number of nitrogens with two attached hydrogens (primary N) is 1. The van der Waals surface area contributed by atoms with Crippen molar-refractivity contribution in [3.05, 3.63) is 29.8 Å². The Bertz CT molecular complexity index is 812. The zero-order valence-electron chi connectivity index (χ0n) is 17.2. The molecule has 3 amide bonds. The van der Waals surface area contributed by atoms with Crippen LogP contribution in [0.2, 0.25) is 0 Å². The zero-order valence-corrected chi connectivity index (χ0v) is 17.2. The molecule has 11 heteroatoms. The van der Waals surface area contributed by atoms with Crippen LogP contribution in [0.3, 0.4) is 0 Å². The Morgan fingerprint density at radius 3 is 2.39 bits per heavy atom. The third-order valence-electron chi connectivity index (χ3n) is 5.08. The van der Waals surface area contributed by atoms with E-state index in [0.717, 1.165) is 0 Å². The molecule has 1 aliphatic heterocycles. The number of aliphatic hydroxyl groups is 1. The lowest BCUT2D eigenvalue weighted by atomic mass is 10.0. The number of amides is 3. The van der Waals surface area contributed by atoms with Gasteiger partial charge in [0.2, 0.25) is 17.7 Å². The van der Waals surface area contributed by atoms with Crippen molar-refractivity contribution in [1.82, 2.24) is 15.5 Å². The summed E-state index contributed by atoms with van der Waals surface area (Å²) in [4.78, 5) is 50.3. The molecule has 1 fully saturated rings. The Labute approximate surface area is 179 Å². The minimum atomic E-state index is -1.50. The van der Waals surface area contributed by atoms with E-state index in [1.807, 2.05) is 0 Å². The molecule has 1 saturated heterocycles. The Balaban J connectivity index is 2.19. The first-order chi connectivity index (χ1) is 14.6. The number of likely N-dealkylation sites (tertiary alicyclic amines) is 1. The molecular weight excluding hydrogens is 408 g/mol. The summed E-state index contributed by atoms with van der Waals surface area (Å²) in [6.07, 6.45) is -0.368. The number of hydrogen-bond donors (Lipinski definition) is 6. The molecule has 0 radical (unpaired) electrons. The zero-order chi connectivity index (χ0) is 23.1. The molecule has 0 aromatic heterocycles. The van der Waals surface area contributed by atoms with Gasteiger partial charge in [-0.25, -0.2) is 4.79 Å². The molecule has 31 heavy (non-hydrogen) atoms. The first-order valence-electron chi connectivity index (χ1n) is 9.93. The van der Waals surface area contributed by atoms with Crippen LogP contribution in [-0.4, -0.2) is 81.2 Å². The van der Waals surface area contributed by atoms with Gasteiger partial charge in [0.1, 0.15) is 17.8 Å². The number of rotatable bonds is 9. The van der Waals surface area contributed by atoms with Crippen LogP contribution in [-0.2, 0) is 25.6 Å². The molecule has 170 valence electrons. The maximum atomic E-state index is 13.2. The maximum Gasteiger partial charge on any atom is 0.328 e. The molecule has 11 nitrogen and oxygen atoms in total. The number of phenolic OH excluding ortho intramolecular Hbond substituents is 1.